The third-order valence-corrected chi connectivity index (χ3v) is 3.32. The van der Waals surface area contributed by atoms with Crippen LogP contribution in [0.25, 0.3) is 0 Å². The van der Waals surface area contributed by atoms with Crippen LogP contribution >= 0.6 is 0 Å². The van der Waals surface area contributed by atoms with Gasteiger partial charge in [0.15, 0.2) is 0 Å². The van der Waals surface area contributed by atoms with Crippen LogP contribution in [0, 0.1) is 5.92 Å². The highest BCUT2D eigenvalue weighted by Gasteiger charge is 2.26. The summed E-state index contributed by atoms with van der Waals surface area (Å²) in [4.78, 5) is 39.3. The van der Waals surface area contributed by atoms with E-state index in [0.717, 1.165) is 10.6 Å². The molecule has 0 spiro atoms. The SMILES string of the molecule is CCC(Cc1cccc(N)c1)C(=O)N(CC)OC(=O)CC(=O)O. The molecular weight excluding hydrogens is 300 g/mol. The summed E-state index contributed by atoms with van der Waals surface area (Å²) in [7, 11) is 0. The van der Waals surface area contributed by atoms with Gasteiger partial charge >= 0.3 is 11.9 Å². The van der Waals surface area contributed by atoms with Crippen molar-refractivity contribution in [2.75, 3.05) is 12.3 Å². The van der Waals surface area contributed by atoms with Crippen molar-refractivity contribution in [3.8, 4) is 0 Å². The first kappa shape index (κ1) is 18.5. The molecule has 0 heterocycles. The van der Waals surface area contributed by atoms with E-state index in [1.165, 1.54) is 0 Å². The van der Waals surface area contributed by atoms with Gasteiger partial charge in [-0.1, -0.05) is 19.1 Å². The van der Waals surface area contributed by atoms with Crippen LogP contribution in [-0.4, -0.2) is 34.6 Å². The van der Waals surface area contributed by atoms with Crippen LogP contribution in [0.1, 0.15) is 32.3 Å². The number of benzene rings is 1. The van der Waals surface area contributed by atoms with Gasteiger partial charge in [-0.15, -0.1) is 0 Å². The van der Waals surface area contributed by atoms with Crippen molar-refractivity contribution < 1.29 is 24.3 Å². The number of nitrogen functional groups attached to an aromatic ring is 1. The number of hydroxylamine groups is 2. The average Bonchev–Trinajstić information content (AvgIpc) is 2.49. The molecule has 3 N–H and O–H groups in total. The molecule has 7 heteroatoms. The van der Waals surface area contributed by atoms with Gasteiger partial charge in [-0.05, 0) is 37.5 Å². The number of rotatable bonds is 7. The minimum absolute atomic E-state index is 0.150. The Morgan fingerprint density at radius 2 is 2.00 bits per heavy atom. The molecule has 0 bridgehead atoms. The molecule has 1 aromatic rings. The maximum absolute atomic E-state index is 12.5. The summed E-state index contributed by atoms with van der Waals surface area (Å²) in [5.41, 5.74) is 7.26. The lowest BCUT2D eigenvalue weighted by Gasteiger charge is -2.24. The van der Waals surface area contributed by atoms with Gasteiger partial charge in [0.05, 0.1) is 6.54 Å². The Balaban J connectivity index is 2.76. The van der Waals surface area contributed by atoms with E-state index < -0.39 is 18.4 Å². The second-order valence-electron chi connectivity index (χ2n) is 5.12. The normalized spacial score (nSPS) is 11.6. The van der Waals surface area contributed by atoms with Crippen LogP contribution < -0.4 is 5.73 Å². The molecule has 0 saturated heterocycles. The fourth-order valence-electron chi connectivity index (χ4n) is 2.16. The molecular formula is C16H22N2O5. The Labute approximate surface area is 135 Å². The van der Waals surface area contributed by atoms with Gasteiger partial charge in [-0.25, -0.2) is 4.79 Å². The highest BCUT2D eigenvalue weighted by atomic mass is 16.7. The third-order valence-electron chi connectivity index (χ3n) is 3.32. The highest BCUT2D eigenvalue weighted by molar-refractivity contribution is 5.90. The number of nitrogens with two attached hydrogens (primary N) is 1. The van der Waals surface area contributed by atoms with Gasteiger partial charge in [-0.3, -0.25) is 9.59 Å². The smallest absolute Gasteiger partial charge is 0.343 e. The summed E-state index contributed by atoms with van der Waals surface area (Å²) in [6, 6.07) is 7.24. The molecule has 1 atom stereocenters. The van der Waals surface area contributed by atoms with Crippen molar-refractivity contribution in [3.63, 3.8) is 0 Å². The van der Waals surface area contributed by atoms with Gasteiger partial charge in [0.1, 0.15) is 6.42 Å². The maximum atomic E-state index is 12.5. The van der Waals surface area contributed by atoms with E-state index >= 15 is 0 Å². The Morgan fingerprint density at radius 1 is 1.30 bits per heavy atom. The molecule has 0 fully saturated rings. The summed E-state index contributed by atoms with van der Waals surface area (Å²) < 4.78 is 0. The zero-order chi connectivity index (χ0) is 17.4. The number of carboxylic acid groups (broad SMARTS) is 1. The summed E-state index contributed by atoms with van der Waals surface area (Å²) in [5, 5.41) is 9.49. The number of nitrogens with zero attached hydrogens (tertiary/aromatic N) is 1. The van der Waals surface area contributed by atoms with Gasteiger partial charge in [0.25, 0.3) is 5.91 Å². The maximum Gasteiger partial charge on any atom is 0.343 e. The lowest BCUT2D eigenvalue weighted by molar-refractivity contribution is -0.201. The summed E-state index contributed by atoms with van der Waals surface area (Å²) >= 11 is 0. The standard InChI is InChI=1S/C16H22N2O5/c1-3-12(8-11-6-5-7-13(17)9-11)16(22)18(4-2)23-15(21)10-14(19)20/h5-7,9,12H,3-4,8,10,17H2,1-2H3,(H,19,20). The lowest BCUT2D eigenvalue weighted by atomic mass is 9.95. The molecule has 0 aliphatic heterocycles. The largest absolute Gasteiger partial charge is 0.481 e. The molecule has 1 amide bonds. The Bertz CT molecular complexity index is 573. The molecule has 0 aliphatic carbocycles. The average molecular weight is 322 g/mol. The Morgan fingerprint density at radius 3 is 2.52 bits per heavy atom. The van der Waals surface area contributed by atoms with E-state index in [4.69, 9.17) is 15.7 Å². The topological polar surface area (TPSA) is 110 Å². The van der Waals surface area contributed by atoms with Crippen molar-refractivity contribution in [1.29, 1.82) is 0 Å². The van der Waals surface area contributed by atoms with Gasteiger partial charge in [-0.2, -0.15) is 5.06 Å². The predicted octanol–water partition coefficient (Wildman–Crippen LogP) is 1.62. The van der Waals surface area contributed by atoms with Crippen LogP contribution in [0.2, 0.25) is 0 Å². The number of carbonyl (C=O) groups is 3. The fraction of sp³-hybridized carbons (Fsp3) is 0.438. The Kier molecular flexibility index (Phi) is 7.05. The monoisotopic (exact) mass is 322 g/mol. The van der Waals surface area contributed by atoms with Crippen molar-refractivity contribution in [2.24, 2.45) is 5.92 Å². The molecule has 0 aliphatic rings. The Hall–Kier alpha value is -2.57. The molecule has 0 aromatic heterocycles. The third kappa shape index (κ3) is 5.98. The minimum atomic E-state index is -1.30. The van der Waals surface area contributed by atoms with Gasteiger partial charge in [0, 0.05) is 11.6 Å². The molecule has 1 aromatic carbocycles. The molecule has 1 rings (SSSR count). The van der Waals surface area contributed by atoms with Gasteiger partial charge < -0.3 is 15.7 Å². The minimum Gasteiger partial charge on any atom is -0.481 e. The summed E-state index contributed by atoms with van der Waals surface area (Å²) in [5.74, 6) is -3.00. The number of aliphatic carboxylic acids is 1. The van der Waals surface area contributed by atoms with Crippen LogP contribution in [0.15, 0.2) is 24.3 Å². The van der Waals surface area contributed by atoms with Crippen LogP contribution in [-0.2, 0) is 25.6 Å². The van der Waals surface area contributed by atoms with E-state index in [1.54, 1.807) is 19.1 Å². The van der Waals surface area contributed by atoms with Crippen molar-refractivity contribution >= 4 is 23.5 Å². The number of carboxylic acids is 1. The quantitative estimate of drug-likeness (QED) is 0.448. The first-order valence-corrected chi connectivity index (χ1v) is 7.45. The molecule has 7 nitrogen and oxygen atoms in total. The molecule has 23 heavy (non-hydrogen) atoms. The fourth-order valence-corrected chi connectivity index (χ4v) is 2.16. The summed E-state index contributed by atoms with van der Waals surface area (Å²) in [6.07, 6.45) is 0.240. The summed E-state index contributed by atoms with van der Waals surface area (Å²) in [6.45, 7) is 3.67. The number of anilines is 1. The van der Waals surface area contributed by atoms with E-state index in [1.807, 2.05) is 19.1 Å². The van der Waals surface area contributed by atoms with Crippen molar-refractivity contribution in [1.82, 2.24) is 5.06 Å². The van der Waals surface area contributed by atoms with Crippen molar-refractivity contribution in [3.05, 3.63) is 29.8 Å². The van der Waals surface area contributed by atoms with Crippen LogP contribution in [0.4, 0.5) is 5.69 Å². The van der Waals surface area contributed by atoms with E-state index in [-0.39, 0.29) is 18.4 Å². The lowest BCUT2D eigenvalue weighted by Crippen LogP contribution is -2.38. The first-order valence-electron chi connectivity index (χ1n) is 7.45. The predicted molar refractivity (Wildman–Crippen MR) is 84.1 cm³/mol. The van der Waals surface area contributed by atoms with Crippen LogP contribution in [0.3, 0.4) is 0 Å². The second-order valence-corrected chi connectivity index (χ2v) is 5.12. The van der Waals surface area contributed by atoms with E-state index in [2.05, 4.69) is 0 Å². The highest BCUT2D eigenvalue weighted by Crippen LogP contribution is 2.17. The molecule has 126 valence electrons. The first-order chi connectivity index (χ1) is 10.9. The van der Waals surface area contributed by atoms with Gasteiger partial charge in [0.2, 0.25) is 0 Å². The molecule has 1 unspecified atom stereocenters. The zero-order valence-electron chi connectivity index (χ0n) is 13.3. The molecule has 0 radical (unpaired) electrons. The number of amides is 1. The van der Waals surface area contributed by atoms with E-state index in [0.29, 0.717) is 18.5 Å². The van der Waals surface area contributed by atoms with E-state index in [9.17, 15) is 14.4 Å². The molecule has 0 saturated carbocycles. The number of hydrogen-bond donors (Lipinski definition) is 2. The number of hydrogen-bond acceptors (Lipinski definition) is 5. The zero-order valence-corrected chi connectivity index (χ0v) is 13.3. The van der Waals surface area contributed by atoms with Crippen LogP contribution in [0.5, 0.6) is 0 Å². The van der Waals surface area contributed by atoms with Crippen molar-refractivity contribution in [2.45, 2.75) is 33.1 Å². The second kappa shape index (κ2) is 8.77. The number of carbonyl (C=O) groups excluding carboxylic acids is 2.